The number of nitrogens with zero attached hydrogens (tertiary/aromatic N) is 1. The highest BCUT2D eigenvalue weighted by atomic mass is 32.2. The minimum Gasteiger partial charge on any atom is -0.315 e. The molecule has 18 heavy (non-hydrogen) atoms. The lowest BCUT2D eigenvalue weighted by atomic mass is 10.3. The van der Waals surface area contributed by atoms with Crippen LogP contribution in [0.2, 0.25) is 0 Å². The van der Waals surface area contributed by atoms with Gasteiger partial charge < -0.3 is 10.2 Å². The minimum absolute atomic E-state index is 0.211. The first-order chi connectivity index (χ1) is 8.24. The average Bonchev–Trinajstić information content (AvgIpc) is 2.24. The Kier molecular flexibility index (Phi) is 8.77. The molecule has 2 N–H and O–H groups in total. The quantitative estimate of drug-likeness (QED) is 0.576. The first-order valence-electron chi connectivity index (χ1n) is 6.61. The zero-order chi connectivity index (χ0) is 14.2. The van der Waals surface area contributed by atoms with Gasteiger partial charge in [-0.1, -0.05) is 13.8 Å². The number of hydrogen-bond donors (Lipinski definition) is 2. The van der Waals surface area contributed by atoms with Gasteiger partial charge in [0.25, 0.3) is 0 Å². The predicted octanol–water partition coefficient (Wildman–Crippen LogP) is 0.634. The Morgan fingerprint density at radius 2 is 1.72 bits per heavy atom. The van der Waals surface area contributed by atoms with Crippen LogP contribution >= 0.6 is 0 Å². The van der Waals surface area contributed by atoms with Gasteiger partial charge in [0.1, 0.15) is 0 Å². The lowest BCUT2D eigenvalue weighted by molar-refractivity contribution is 0.314. The van der Waals surface area contributed by atoms with Crippen molar-refractivity contribution in [3.63, 3.8) is 0 Å². The molecule has 0 fully saturated rings. The molecule has 0 aromatic carbocycles. The first kappa shape index (κ1) is 17.8. The molecule has 0 amide bonds. The summed E-state index contributed by atoms with van der Waals surface area (Å²) in [4.78, 5) is 2.00. The molecule has 0 radical (unpaired) electrons. The van der Waals surface area contributed by atoms with E-state index in [2.05, 4.69) is 23.9 Å². The molecule has 110 valence electrons. The minimum atomic E-state index is -3.12. The maximum atomic E-state index is 11.7. The highest BCUT2D eigenvalue weighted by Gasteiger charge is 2.12. The van der Waals surface area contributed by atoms with Crippen LogP contribution in [0.4, 0.5) is 0 Å². The van der Waals surface area contributed by atoms with Crippen LogP contribution in [0.15, 0.2) is 0 Å². The van der Waals surface area contributed by atoms with Crippen molar-refractivity contribution in [2.45, 2.75) is 45.7 Å². The molecule has 1 atom stereocenters. The number of nitrogens with one attached hydrogen (secondary N) is 2. The predicted molar refractivity (Wildman–Crippen MR) is 77.3 cm³/mol. The van der Waals surface area contributed by atoms with Gasteiger partial charge in [-0.05, 0) is 40.4 Å². The van der Waals surface area contributed by atoms with Crippen LogP contribution < -0.4 is 10.0 Å². The van der Waals surface area contributed by atoms with Crippen LogP contribution in [0.25, 0.3) is 0 Å². The lowest BCUT2D eigenvalue weighted by Crippen LogP contribution is -2.39. The van der Waals surface area contributed by atoms with Gasteiger partial charge in [-0.15, -0.1) is 0 Å². The van der Waals surface area contributed by atoms with Crippen LogP contribution in [0.3, 0.4) is 0 Å². The topological polar surface area (TPSA) is 61.4 Å². The third-order valence-corrected chi connectivity index (χ3v) is 4.31. The second kappa shape index (κ2) is 8.85. The van der Waals surface area contributed by atoms with E-state index in [0.29, 0.717) is 19.0 Å². The molecular weight excluding hydrogens is 250 g/mol. The Bertz CT molecular complexity index is 302. The van der Waals surface area contributed by atoms with Crippen molar-refractivity contribution in [3.05, 3.63) is 0 Å². The number of unbranched alkanes of at least 4 members (excludes halogenated alkanes) is 1. The normalized spacial score (nSPS) is 14.4. The van der Waals surface area contributed by atoms with Crippen LogP contribution in [0, 0.1) is 0 Å². The van der Waals surface area contributed by atoms with Crippen molar-refractivity contribution in [2.24, 2.45) is 0 Å². The van der Waals surface area contributed by atoms with Gasteiger partial charge in [0, 0.05) is 18.6 Å². The Morgan fingerprint density at radius 3 is 2.22 bits per heavy atom. The third-order valence-electron chi connectivity index (χ3n) is 2.87. The van der Waals surface area contributed by atoms with E-state index in [-0.39, 0.29) is 11.8 Å². The van der Waals surface area contributed by atoms with E-state index in [0.717, 1.165) is 13.0 Å². The summed E-state index contributed by atoms with van der Waals surface area (Å²) in [6, 6.07) is 0.669. The summed E-state index contributed by atoms with van der Waals surface area (Å²) in [6.07, 6.45) is 1.59. The average molecular weight is 279 g/mol. The maximum absolute atomic E-state index is 11.7. The molecule has 0 aromatic heterocycles. The Balaban J connectivity index is 3.74. The smallest absolute Gasteiger partial charge is 0.211 e. The molecular formula is C12H29N3O2S. The van der Waals surface area contributed by atoms with Gasteiger partial charge in [0.05, 0.1) is 5.75 Å². The van der Waals surface area contributed by atoms with Gasteiger partial charge in [-0.25, -0.2) is 13.1 Å². The lowest BCUT2D eigenvalue weighted by Gasteiger charge is -2.19. The summed E-state index contributed by atoms with van der Waals surface area (Å²) in [6.45, 7) is 7.51. The van der Waals surface area contributed by atoms with Crippen molar-refractivity contribution in [3.8, 4) is 0 Å². The van der Waals surface area contributed by atoms with Gasteiger partial charge in [-0.3, -0.25) is 0 Å². The standard InChI is InChI=1S/C12H29N3O2S/c1-11(2)13-8-6-7-9-18(16,17)14-10-12(3)15(4)5/h11-14H,6-10H2,1-5H3. The van der Waals surface area contributed by atoms with Crippen molar-refractivity contribution < 1.29 is 8.42 Å². The Morgan fingerprint density at radius 1 is 1.11 bits per heavy atom. The van der Waals surface area contributed by atoms with Gasteiger partial charge in [0.2, 0.25) is 10.0 Å². The summed E-state index contributed by atoms with van der Waals surface area (Å²) in [5, 5.41) is 3.27. The highest BCUT2D eigenvalue weighted by molar-refractivity contribution is 7.89. The maximum Gasteiger partial charge on any atom is 0.211 e. The molecule has 0 aliphatic carbocycles. The van der Waals surface area contributed by atoms with E-state index in [9.17, 15) is 8.42 Å². The molecule has 1 unspecified atom stereocenters. The van der Waals surface area contributed by atoms with Crippen LogP contribution in [0.1, 0.15) is 33.6 Å². The summed E-state index contributed by atoms with van der Waals surface area (Å²) in [7, 11) is 0.767. The second-order valence-electron chi connectivity index (χ2n) is 5.30. The van der Waals surface area contributed by atoms with Crippen molar-refractivity contribution >= 4 is 10.0 Å². The highest BCUT2D eigenvalue weighted by Crippen LogP contribution is 1.96. The zero-order valence-corrected chi connectivity index (χ0v) is 13.2. The van der Waals surface area contributed by atoms with Crippen molar-refractivity contribution in [2.75, 3.05) is 32.9 Å². The number of hydrogen-bond acceptors (Lipinski definition) is 4. The SMILES string of the molecule is CC(C)NCCCCS(=O)(=O)NCC(C)N(C)C. The van der Waals surface area contributed by atoms with E-state index in [1.54, 1.807) is 0 Å². The molecule has 0 saturated heterocycles. The van der Waals surface area contributed by atoms with Gasteiger partial charge in [-0.2, -0.15) is 0 Å². The van der Waals surface area contributed by atoms with E-state index in [1.165, 1.54) is 0 Å². The Labute approximate surface area is 112 Å². The largest absolute Gasteiger partial charge is 0.315 e. The van der Waals surface area contributed by atoms with E-state index >= 15 is 0 Å². The Hall–Kier alpha value is -0.170. The molecule has 0 rings (SSSR count). The van der Waals surface area contributed by atoms with Crippen LogP contribution in [-0.4, -0.2) is 58.3 Å². The van der Waals surface area contributed by atoms with E-state index in [1.807, 2.05) is 25.9 Å². The summed E-state index contributed by atoms with van der Waals surface area (Å²) in [5.41, 5.74) is 0. The second-order valence-corrected chi connectivity index (χ2v) is 7.22. The fourth-order valence-electron chi connectivity index (χ4n) is 1.31. The molecule has 6 heteroatoms. The molecule has 0 aliphatic rings. The van der Waals surface area contributed by atoms with E-state index in [4.69, 9.17) is 0 Å². The van der Waals surface area contributed by atoms with Gasteiger partial charge >= 0.3 is 0 Å². The monoisotopic (exact) mass is 279 g/mol. The third kappa shape index (κ3) is 9.82. The number of likely N-dealkylation sites (N-methyl/N-ethyl adjacent to an activating group) is 1. The summed E-state index contributed by atoms with van der Waals surface area (Å²) in [5.74, 6) is 0.215. The van der Waals surface area contributed by atoms with Crippen molar-refractivity contribution in [1.82, 2.24) is 14.9 Å². The molecule has 0 aromatic rings. The fraction of sp³-hybridized carbons (Fsp3) is 1.00. The van der Waals surface area contributed by atoms with Crippen LogP contribution in [-0.2, 0) is 10.0 Å². The molecule has 0 heterocycles. The van der Waals surface area contributed by atoms with Crippen LogP contribution in [0.5, 0.6) is 0 Å². The molecule has 5 nitrogen and oxygen atoms in total. The summed E-state index contributed by atoms with van der Waals surface area (Å²) >= 11 is 0. The molecule has 0 spiro atoms. The van der Waals surface area contributed by atoms with Crippen molar-refractivity contribution in [1.29, 1.82) is 0 Å². The fourth-order valence-corrected chi connectivity index (χ4v) is 2.53. The molecule has 0 bridgehead atoms. The first-order valence-corrected chi connectivity index (χ1v) is 8.27. The summed E-state index contributed by atoms with van der Waals surface area (Å²) < 4.78 is 26.1. The number of sulfonamides is 1. The molecule has 0 saturated carbocycles. The molecule has 0 aliphatic heterocycles. The van der Waals surface area contributed by atoms with Gasteiger partial charge in [0.15, 0.2) is 0 Å². The number of rotatable bonds is 10. The van der Waals surface area contributed by atoms with E-state index < -0.39 is 10.0 Å². The zero-order valence-electron chi connectivity index (χ0n) is 12.4.